The average Bonchev–Trinajstić information content (AvgIpc) is 2.58. The maximum Gasteiger partial charge on any atom is 0.123 e. The maximum absolute atomic E-state index is 13.3. The number of hydrogen-bond acceptors (Lipinski definition) is 0. The summed E-state index contributed by atoms with van der Waals surface area (Å²) in [5.74, 6) is -0.126. The molecule has 0 heterocycles. The molecule has 0 unspecified atom stereocenters. The number of benzene rings is 2. The lowest BCUT2D eigenvalue weighted by Crippen LogP contribution is -2.29. The zero-order chi connectivity index (χ0) is 16.1. The Labute approximate surface area is 139 Å². The molecule has 3 rings (SSSR count). The molecule has 0 radical (unpaired) electrons. The smallest absolute Gasteiger partial charge is 0.123 e. The first-order valence-corrected chi connectivity index (χ1v) is 9.00. The molecule has 23 heavy (non-hydrogen) atoms. The van der Waals surface area contributed by atoms with E-state index in [-0.39, 0.29) is 11.2 Å². The molecular weight excluding hydrogens is 283 g/mol. The minimum absolute atomic E-state index is 0.126. The van der Waals surface area contributed by atoms with E-state index < -0.39 is 0 Å². The standard InChI is InChI=1S/C22H27F/c1-18-7-9-19(10-8-18)6-5-17-22(15-3-2-4-16-22)20-11-13-21(23)14-12-20/h7-14H,2-6,15-17H2,1H3. The van der Waals surface area contributed by atoms with E-state index in [1.807, 2.05) is 12.1 Å². The lowest BCUT2D eigenvalue weighted by molar-refractivity contribution is 0.268. The highest BCUT2D eigenvalue weighted by atomic mass is 19.1. The Hall–Kier alpha value is -1.63. The molecule has 2 aromatic carbocycles. The van der Waals surface area contributed by atoms with E-state index in [1.165, 1.54) is 61.6 Å². The summed E-state index contributed by atoms with van der Waals surface area (Å²) in [7, 11) is 0. The van der Waals surface area contributed by atoms with Gasteiger partial charge < -0.3 is 0 Å². The van der Waals surface area contributed by atoms with E-state index in [2.05, 4.69) is 31.2 Å². The van der Waals surface area contributed by atoms with Gasteiger partial charge in [-0.25, -0.2) is 4.39 Å². The summed E-state index contributed by atoms with van der Waals surface area (Å²) < 4.78 is 13.3. The summed E-state index contributed by atoms with van der Waals surface area (Å²) in [4.78, 5) is 0. The number of rotatable bonds is 5. The predicted molar refractivity (Wildman–Crippen MR) is 95.3 cm³/mol. The first-order valence-electron chi connectivity index (χ1n) is 9.00. The third kappa shape index (κ3) is 4.02. The van der Waals surface area contributed by atoms with Crippen LogP contribution in [0.5, 0.6) is 0 Å². The maximum atomic E-state index is 13.3. The van der Waals surface area contributed by atoms with E-state index in [4.69, 9.17) is 0 Å². The second kappa shape index (κ2) is 7.29. The van der Waals surface area contributed by atoms with Gasteiger partial charge in [0.2, 0.25) is 0 Å². The normalized spacial score (nSPS) is 17.1. The van der Waals surface area contributed by atoms with Crippen LogP contribution in [0.25, 0.3) is 0 Å². The van der Waals surface area contributed by atoms with Crippen LogP contribution in [0.4, 0.5) is 4.39 Å². The van der Waals surface area contributed by atoms with E-state index >= 15 is 0 Å². The van der Waals surface area contributed by atoms with Crippen LogP contribution in [0.2, 0.25) is 0 Å². The van der Waals surface area contributed by atoms with Gasteiger partial charge in [-0.3, -0.25) is 0 Å². The van der Waals surface area contributed by atoms with Gasteiger partial charge in [0.25, 0.3) is 0 Å². The highest BCUT2D eigenvalue weighted by Crippen LogP contribution is 2.43. The van der Waals surface area contributed by atoms with Crippen LogP contribution in [0.1, 0.15) is 61.6 Å². The fourth-order valence-corrected chi connectivity index (χ4v) is 4.10. The van der Waals surface area contributed by atoms with Gasteiger partial charge in [0.05, 0.1) is 0 Å². The zero-order valence-electron chi connectivity index (χ0n) is 14.2. The molecule has 1 aliphatic rings. The molecule has 2 aromatic rings. The Morgan fingerprint density at radius 3 is 2.17 bits per heavy atom. The monoisotopic (exact) mass is 310 g/mol. The second-order valence-electron chi connectivity index (χ2n) is 7.19. The van der Waals surface area contributed by atoms with Crippen molar-refractivity contribution in [1.29, 1.82) is 0 Å². The van der Waals surface area contributed by atoms with Crippen molar-refractivity contribution in [3.63, 3.8) is 0 Å². The van der Waals surface area contributed by atoms with Gasteiger partial charge in [0.1, 0.15) is 5.82 Å². The highest BCUT2D eigenvalue weighted by molar-refractivity contribution is 5.27. The summed E-state index contributed by atoms with van der Waals surface area (Å²) >= 11 is 0. The Morgan fingerprint density at radius 2 is 1.52 bits per heavy atom. The van der Waals surface area contributed by atoms with E-state index in [0.29, 0.717) is 0 Å². The third-order valence-electron chi connectivity index (χ3n) is 5.51. The molecule has 1 aliphatic carbocycles. The molecule has 0 spiro atoms. The predicted octanol–water partition coefficient (Wildman–Crippen LogP) is 6.36. The summed E-state index contributed by atoms with van der Waals surface area (Å²) in [6.45, 7) is 2.13. The third-order valence-corrected chi connectivity index (χ3v) is 5.51. The minimum Gasteiger partial charge on any atom is -0.207 e. The van der Waals surface area contributed by atoms with Gasteiger partial charge in [-0.15, -0.1) is 0 Å². The molecule has 0 bridgehead atoms. The van der Waals surface area contributed by atoms with E-state index in [1.54, 1.807) is 12.1 Å². The minimum atomic E-state index is -0.126. The van der Waals surface area contributed by atoms with Gasteiger partial charge in [-0.05, 0) is 67.7 Å². The molecular formula is C22H27F. The number of hydrogen-bond donors (Lipinski definition) is 0. The highest BCUT2D eigenvalue weighted by Gasteiger charge is 2.33. The first-order chi connectivity index (χ1) is 11.2. The molecule has 1 heteroatoms. The van der Waals surface area contributed by atoms with Crippen LogP contribution in [0.3, 0.4) is 0 Å². The molecule has 122 valence electrons. The molecule has 0 N–H and O–H groups in total. The lowest BCUT2D eigenvalue weighted by Gasteiger charge is -2.38. The van der Waals surface area contributed by atoms with Crippen LogP contribution in [-0.4, -0.2) is 0 Å². The van der Waals surface area contributed by atoms with Crippen molar-refractivity contribution in [2.45, 2.75) is 63.7 Å². The van der Waals surface area contributed by atoms with Crippen molar-refractivity contribution in [3.8, 4) is 0 Å². The fourth-order valence-electron chi connectivity index (χ4n) is 4.10. The lowest BCUT2D eigenvalue weighted by atomic mass is 9.66. The van der Waals surface area contributed by atoms with Crippen LogP contribution in [0.15, 0.2) is 48.5 Å². The van der Waals surface area contributed by atoms with Crippen LogP contribution >= 0.6 is 0 Å². The van der Waals surface area contributed by atoms with Crippen LogP contribution < -0.4 is 0 Å². The van der Waals surface area contributed by atoms with Crippen molar-refractivity contribution in [1.82, 2.24) is 0 Å². The molecule has 0 amide bonds. The van der Waals surface area contributed by atoms with E-state index in [9.17, 15) is 4.39 Å². The van der Waals surface area contributed by atoms with Gasteiger partial charge >= 0.3 is 0 Å². The molecule has 1 fully saturated rings. The largest absolute Gasteiger partial charge is 0.207 e. The Morgan fingerprint density at radius 1 is 0.870 bits per heavy atom. The van der Waals surface area contributed by atoms with Gasteiger partial charge in [-0.1, -0.05) is 61.2 Å². The Balaban J connectivity index is 1.69. The van der Waals surface area contributed by atoms with Crippen LogP contribution in [0, 0.1) is 12.7 Å². The van der Waals surface area contributed by atoms with Crippen molar-refractivity contribution >= 4 is 0 Å². The first kappa shape index (κ1) is 16.2. The van der Waals surface area contributed by atoms with Crippen molar-refractivity contribution < 1.29 is 4.39 Å². The van der Waals surface area contributed by atoms with Gasteiger partial charge in [0.15, 0.2) is 0 Å². The molecule has 0 nitrogen and oxygen atoms in total. The molecule has 0 atom stereocenters. The summed E-state index contributed by atoms with van der Waals surface area (Å²) in [6.07, 6.45) is 10.0. The Bertz CT molecular complexity index is 603. The average molecular weight is 310 g/mol. The molecule has 0 saturated heterocycles. The molecule has 0 aliphatic heterocycles. The Kier molecular flexibility index (Phi) is 5.15. The van der Waals surface area contributed by atoms with Crippen LogP contribution in [-0.2, 0) is 11.8 Å². The summed E-state index contributed by atoms with van der Waals surface area (Å²) in [5.41, 5.74) is 4.38. The SMILES string of the molecule is Cc1ccc(CCCC2(c3ccc(F)cc3)CCCCC2)cc1. The fraction of sp³-hybridized carbons (Fsp3) is 0.455. The van der Waals surface area contributed by atoms with Gasteiger partial charge in [-0.2, -0.15) is 0 Å². The zero-order valence-corrected chi connectivity index (χ0v) is 14.2. The topological polar surface area (TPSA) is 0 Å². The summed E-state index contributed by atoms with van der Waals surface area (Å²) in [5, 5.41) is 0. The second-order valence-corrected chi connectivity index (χ2v) is 7.19. The van der Waals surface area contributed by atoms with Crippen molar-refractivity contribution in [3.05, 3.63) is 71.0 Å². The van der Waals surface area contributed by atoms with Crippen molar-refractivity contribution in [2.75, 3.05) is 0 Å². The molecule has 1 saturated carbocycles. The number of aryl methyl sites for hydroxylation is 2. The van der Waals surface area contributed by atoms with Gasteiger partial charge in [0, 0.05) is 0 Å². The summed E-state index contributed by atoms with van der Waals surface area (Å²) in [6, 6.07) is 16.2. The van der Waals surface area contributed by atoms with Crippen molar-refractivity contribution in [2.24, 2.45) is 0 Å². The molecule has 0 aromatic heterocycles. The number of halogens is 1. The van der Waals surface area contributed by atoms with E-state index in [0.717, 1.165) is 6.42 Å². The quantitative estimate of drug-likeness (QED) is 0.603.